The molecule has 0 aliphatic rings. The predicted molar refractivity (Wildman–Crippen MR) is 93.1 cm³/mol. The lowest BCUT2D eigenvalue weighted by Crippen LogP contribution is -2.30. The lowest BCUT2D eigenvalue weighted by Gasteiger charge is -2.33. The largest absolute Gasteiger partial charge is 0.327 e. The molecule has 1 aromatic rings. The van der Waals surface area contributed by atoms with E-state index in [0.717, 1.165) is 5.69 Å². The minimum Gasteiger partial charge on any atom is -0.327 e. The molecule has 0 spiro atoms. The van der Waals surface area contributed by atoms with E-state index >= 15 is 0 Å². The molecular weight excluding hydrogens is 280 g/mol. The molecule has 0 saturated carbocycles. The molecule has 1 heterocycles. The molecule has 2 nitrogen and oxygen atoms in total. The first kappa shape index (κ1) is 18.5. The van der Waals surface area contributed by atoms with Gasteiger partial charge in [-0.05, 0) is 26.7 Å². The monoisotopic (exact) mass is 312 g/mol. The zero-order chi connectivity index (χ0) is 15.7. The highest BCUT2D eigenvalue weighted by atomic mass is 35.5. The Balaban J connectivity index is 2.67. The predicted octanol–water partition coefficient (Wildman–Crippen LogP) is 6.50. The first-order valence-electron chi connectivity index (χ1n) is 8.75. The van der Waals surface area contributed by atoms with Gasteiger partial charge in [-0.15, -0.1) is 0 Å². The summed E-state index contributed by atoms with van der Waals surface area (Å²) in [6, 6.07) is 0. The second-order valence-corrected chi connectivity index (χ2v) is 6.97. The van der Waals surface area contributed by atoms with Crippen LogP contribution >= 0.6 is 11.6 Å². The fourth-order valence-electron chi connectivity index (χ4n) is 3.16. The van der Waals surface area contributed by atoms with Crippen LogP contribution in [0.5, 0.6) is 0 Å². The molecule has 0 aliphatic heterocycles. The highest BCUT2D eigenvalue weighted by molar-refractivity contribution is 6.30. The quantitative estimate of drug-likeness (QED) is 0.426. The second kappa shape index (κ2) is 9.50. The number of hydrogen-bond donors (Lipinski definition) is 0. The van der Waals surface area contributed by atoms with Gasteiger partial charge in [0.1, 0.15) is 5.15 Å². The fourth-order valence-corrected chi connectivity index (χ4v) is 3.30. The van der Waals surface area contributed by atoms with Gasteiger partial charge in [0.25, 0.3) is 0 Å². The van der Waals surface area contributed by atoms with Crippen LogP contribution in [0.4, 0.5) is 0 Å². The Kier molecular flexibility index (Phi) is 8.39. The summed E-state index contributed by atoms with van der Waals surface area (Å²) in [4.78, 5) is 4.30. The molecule has 0 radical (unpaired) electrons. The molecule has 0 saturated heterocycles. The Hall–Kier alpha value is -0.500. The van der Waals surface area contributed by atoms with Crippen molar-refractivity contribution < 1.29 is 0 Å². The maximum absolute atomic E-state index is 6.17. The summed E-state index contributed by atoms with van der Waals surface area (Å²) in [5, 5.41) is 0.655. The Morgan fingerprint density at radius 1 is 1.00 bits per heavy atom. The summed E-state index contributed by atoms with van der Waals surface area (Å²) in [5.74, 6) is 0. The van der Waals surface area contributed by atoms with Crippen LogP contribution in [0, 0.1) is 6.92 Å². The standard InChI is InChI=1S/C18H33ClN2/c1-5-7-9-10-12-14-18(4,13-11-8-6-2)21-15-20-17(19)16(21)3/h15H,5-14H2,1-4H3. The van der Waals surface area contributed by atoms with Gasteiger partial charge in [-0.1, -0.05) is 76.8 Å². The third-order valence-electron chi connectivity index (χ3n) is 4.67. The molecule has 122 valence electrons. The van der Waals surface area contributed by atoms with Gasteiger partial charge in [0.15, 0.2) is 0 Å². The molecule has 1 atom stereocenters. The Bertz CT molecular complexity index is 400. The second-order valence-electron chi connectivity index (χ2n) is 6.61. The Labute approximate surface area is 136 Å². The van der Waals surface area contributed by atoms with Crippen LogP contribution < -0.4 is 0 Å². The SMILES string of the molecule is CCCCCCCC(C)(CCCCC)n1cnc(Cl)c1C. The average molecular weight is 313 g/mol. The number of rotatable bonds is 11. The van der Waals surface area contributed by atoms with E-state index in [1.807, 2.05) is 6.33 Å². The van der Waals surface area contributed by atoms with E-state index in [9.17, 15) is 0 Å². The van der Waals surface area contributed by atoms with E-state index in [1.165, 1.54) is 64.2 Å². The molecule has 1 unspecified atom stereocenters. The van der Waals surface area contributed by atoms with Crippen molar-refractivity contribution in [1.29, 1.82) is 0 Å². The van der Waals surface area contributed by atoms with Gasteiger partial charge in [0.05, 0.1) is 12.0 Å². The zero-order valence-electron chi connectivity index (χ0n) is 14.4. The molecule has 3 heteroatoms. The normalized spacial score (nSPS) is 14.3. The molecular formula is C18H33ClN2. The number of aromatic nitrogens is 2. The van der Waals surface area contributed by atoms with Crippen LogP contribution in [0.15, 0.2) is 6.33 Å². The van der Waals surface area contributed by atoms with Crippen molar-refractivity contribution in [2.45, 2.75) is 97.4 Å². The smallest absolute Gasteiger partial charge is 0.149 e. The first-order chi connectivity index (χ1) is 10.0. The van der Waals surface area contributed by atoms with Crippen molar-refractivity contribution in [3.63, 3.8) is 0 Å². The highest BCUT2D eigenvalue weighted by Crippen LogP contribution is 2.33. The zero-order valence-corrected chi connectivity index (χ0v) is 15.2. The number of unbranched alkanes of at least 4 members (excludes halogenated alkanes) is 6. The molecule has 0 aliphatic carbocycles. The number of nitrogens with zero attached hydrogens (tertiary/aromatic N) is 2. The minimum atomic E-state index is 0.172. The molecule has 21 heavy (non-hydrogen) atoms. The van der Waals surface area contributed by atoms with E-state index in [4.69, 9.17) is 11.6 Å². The van der Waals surface area contributed by atoms with Crippen molar-refractivity contribution in [1.82, 2.24) is 9.55 Å². The van der Waals surface area contributed by atoms with Crippen LogP contribution in [0.2, 0.25) is 5.15 Å². The molecule has 0 fully saturated rings. The molecule has 0 N–H and O–H groups in total. The summed E-state index contributed by atoms with van der Waals surface area (Å²) in [7, 11) is 0. The van der Waals surface area contributed by atoms with Gasteiger partial charge in [-0.2, -0.15) is 0 Å². The van der Waals surface area contributed by atoms with Crippen molar-refractivity contribution in [2.24, 2.45) is 0 Å². The topological polar surface area (TPSA) is 17.8 Å². The van der Waals surface area contributed by atoms with E-state index in [-0.39, 0.29) is 5.54 Å². The molecule has 1 rings (SSSR count). The number of imidazole rings is 1. The first-order valence-corrected chi connectivity index (χ1v) is 9.13. The number of halogens is 1. The van der Waals surface area contributed by atoms with Crippen molar-refractivity contribution in [2.75, 3.05) is 0 Å². The van der Waals surface area contributed by atoms with Crippen molar-refractivity contribution in [3.05, 3.63) is 17.2 Å². The average Bonchev–Trinajstić information content (AvgIpc) is 2.80. The summed E-state index contributed by atoms with van der Waals surface area (Å²) in [6.07, 6.45) is 15.0. The van der Waals surface area contributed by atoms with Gasteiger partial charge < -0.3 is 4.57 Å². The summed E-state index contributed by atoms with van der Waals surface area (Å²) >= 11 is 6.17. The molecule has 0 aromatic carbocycles. The maximum atomic E-state index is 6.17. The van der Waals surface area contributed by atoms with Crippen LogP contribution in [-0.2, 0) is 5.54 Å². The molecule has 1 aromatic heterocycles. The van der Waals surface area contributed by atoms with Gasteiger partial charge in [0, 0.05) is 5.54 Å². The minimum absolute atomic E-state index is 0.172. The Morgan fingerprint density at radius 3 is 2.05 bits per heavy atom. The Morgan fingerprint density at radius 2 is 1.52 bits per heavy atom. The highest BCUT2D eigenvalue weighted by Gasteiger charge is 2.27. The fraction of sp³-hybridized carbons (Fsp3) is 0.833. The third kappa shape index (κ3) is 5.65. The summed E-state index contributed by atoms with van der Waals surface area (Å²) in [5.41, 5.74) is 1.29. The van der Waals surface area contributed by atoms with Crippen molar-refractivity contribution >= 4 is 11.6 Å². The van der Waals surface area contributed by atoms with Crippen molar-refractivity contribution in [3.8, 4) is 0 Å². The van der Waals surface area contributed by atoms with Gasteiger partial charge in [-0.25, -0.2) is 4.98 Å². The summed E-state index contributed by atoms with van der Waals surface area (Å²) < 4.78 is 2.32. The summed E-state index contributed by atoms with van der Waals surface area (Å²) in [6.45, 7) is 9.01. The maximum Gasteiger partial charge on any atom is 0.149 e. The van der Waals surface area contributed by atoms with Gasteiger partial charge in [-0.3, -0.25) is 0 Å². The number of hydrogen-bond acceptors (Lipinski definition) is 1. The van der Waals surface area contributed by atoms with E-state index in [0.29, 0.717) is 5.15 Å². The van der Waals surface area contributed by atoms with Crippen LogP contribution in [0.1, 0.15) is 90.7 Å². The third-order valence-corrected chi connectivity index (χ3v) is 5.04. The van der Waals surface area contributed by atoms with Crippen LogP contribution in [-0.4, -0.2) is 9.55 Å². The lowest BCUT2D eigenvalue weighted by atomic mass is 9.87. The van der Waals surface area contributed by atoms with E-state index in [2.05, 4.69) is 37.2 Å². The van der Waals surface area contributed by atoms with Crippen LogP contribution in [0.25, 0.3) is 0 Å². The van der Waals surface area contributed by atoms with E-state index in [1.54, 1.807) is 0 Å². The van der Waals surface area contributed by atoms with Crippen LogP contribution in [0.3, 0.4) is 0 Å². The molecule has 0 amide bonds. The lowest BCUT2D eigenvalue weighted by molar-refractivity contribution is 0.247. The van der Waals surface area contributed by atoms with Gasteiger partial charge in [0.2, 0.25) is 0 Å². The molecule has 0 bridgehead atoms. The van der Waals surface area contributed by atoms with E-state index < -0.39 is 0 Å². The van der Waals surface area contributed by atoms with Gasteiger partial charge >= 0.3 is 0 Å².